The summed E-state index contributed by atoms with van der Waals surface area (Å²) < 4.78 is 0. The van der Waals surface area contributed by atoms with Crippen molar-refractivity contribution in [2.75, 3.05) is 11.9 Å². The molecular weight excluding hydrogens is 390 g/mol. The number of pyridine rings is 1. The first kappa shape index (κ1) is 20.4. The molecule has 12 nitrogen and oxygen atoms in total. The molecule has 0 aliphatic carbocycles. The first-order valence-electron chi connectivity index (χ1n) is 8.92. The minimum Gasteiger partial charge on any atom is -0.365 e. The summed E-state index contributed by atoms with van der Waals surface area (Å²) in [6, 6.07) is 9.66. The smallest absolute Gasteiger partial charge is 0.318 e. The van der Waals surface area contributed by atoms with Crippen molar-refractivity contribution in [1.29, 1.82) is 0 Å². The van der Waals surface area contributed by atoms with Crippen LogP contribution in [0.3, 0.4) is 0 Å². The highest BCUT2D eigenvalue weighted by Gasteiger charge is 2.11. The number of carbonyl (C=O) groups is 3. The molecule has 3 rings (SSSR count). The zero-order chi connectivity index (χ0) is 21.3. The van der Waals surface area contributed by atoms with Crippen LogP contribution >= 0.6 is 0 Å². The van der Waals surface area contributed by atoms with Crippen molar-refractivity contribution in [3.05, 3.63) is 53.7 Å². The number of primary amides is 1. The second kappa shape index (κ2) is 9.73. The van der Waals surface area contributed by atoms with Crippen LogP contribution in [0.5, 0.6) is 0 Å². The largest absolute Gasteiger partial charge is 0.365 e. The van der Waals surface area contributed by atoms with E-state index in [1.807, 2.05) is 17.4 Å². The zero-order valence-electron chi connectivity index (χ0n) is 15.8. The molecule has 0 saturated heterocycles. The van der Waals surface area contributed by atoms with E-state index < -0.39 is 11.9 Å². The van der Waals surface area contributed by atoms with Crippen LogP contribution in [0.25, 0.3) is 11.4 Å². The van der Waals surface area contributed by atoms with Crippen molar-refractivity contribution in [1.82, 2.24) is 36.2 Å². The molecule has 4 amide bonds. The molecule has 2 aromatic heterocycles. The predicted molar refractivity (Wildman–Crippen MR) is 106 cm³/mol. The molecule has 12 heteroatoms. The van der Waals surface area contributed by atoms with E-state index in [0.29, 0.717) is 29.3 Å². The van der Waals surface area contributed by atoms with Crippen molar-refractivity contribution in [3.8, 4) is 11.4 Å². The Balaban J connectivity index is 1.58. The molecule has 1 aromatic carbocycles. The normalized spacial score (nSPS) is 10.3. The van der Waals surface area contributed by atoms with Crippen LogP contribution in [-0.2, 0) is 11.3 Å². The number of aromatic amines is 1. The van der Waals surface area contributed by atoms with Crippen molar-refractivity contribution in [2.45, 2.75) is 13.0 Å². The van der Waals surface area contributed by atoms with E-state index in [4.69, 9.17) is 5.73 Å². The van der Waals surface area contributed by atoms with Crippen LogP contribution in [0.15, 0.2) is 42.6 Å². The van der Waals surface area contributed by atoms with Gasteiger partial charge in [0.25, 0.3) is 5.91 Å². The van der Waals surface area contributed by atoms with Gasteiger partial charge in [0, 0.05) is 31.3 Å². The van der Waals surface area contributed by atoms with Crippen LogP contribution in [0.1, 0.15) is 22.3 Å². The SMILES string of the molecule is NC(=O)NC(=O)CCNC(=O)c1cccc(CNc2ncccc2-c2nn[nH]n2)c1. The number of amides is 4. The third-order valence-corrected chi connectivity index (χ3v) is 3.94. The highest BCUT2D eigenvalue weighted by atomic mass is 16.2. The van der Waals surface area contributed by atoms with Crippen LogP contribution in [0, 0.1) is 0 Å². The maximum Gasteiger partial charge on any atom is 0.318 e. The summed E-state index contributed by atoms with van der Waals surface area (Å²) in [7, 11) is 0. The van der Waals surface area contributed by atoms with Crippen molar-refractivity contribution < 1.29 is 14.4 Å². The molecule has 0 saturated carbocycles. The molecule has 2 heterocycles. The maximum absolute atomic E-state index is 12.3. The van der Waals surface area contributed by atoms with Gasteiger partial charge in [-0.05, 0) is 35.0 Å². The van der Waals surface area contributed by atoms with Gasteiger partial charge in [-0.1, -0.05) is 12.1 Å². The number of aromatic nitrogens is 5. The van der Waals surface area contributed by atoms with E-state index >= 15 is 0 Å². The maximum atomic E-state index is 12.3. The summed E-state index contributed by atoms with van der Waals surface area (Å²) in [6.45, 7) is 0.479. The zero-order valence-corrected chi connectivity index (χ0v) is 15.8. The lowest BCUT2D eigenvalue weighted by atomic mass is 10.1. The fourth-order valence-corrected chi connectivity index (χ4v) is 2.60. The van der Waals surface area contributed by atoms with Crippen LogP contribution < -0.4 is 21.7 Å². The van der Waals surface area contributed by atoms with Gasteiger partial charge in [0.05, 0.1) is 5.56 Å². The van der Waals surface area contributed by atoms with Gasteiger partial charge >= 0.3 is 6.03 Å². The van der Waals surface area contributed by atoms with Gasteiger partial charge in [-0.2, -0.15) is 5.21 Å². The summed E-state index contributed by atoms with van der Waals surface area (Å²) in [4.78, 5) is 38.6. The first-order valence-corrected chi connectivity index (χ1v) is 8.92. The molecular formula is C18H19N9O3. The Kier molecular flexibility index (Phi) is 6.61. The standard InChI is InChI=1S/C18H19N9O3/c19-18(30)23-14(28)6-8-21-17(29)12-4-1-3-11(9-12)10-22-15-13(5-2-7-20-15)16-24-26-27-25-16/h1-5,7,9H,6,8,10H2,(H,20,22)(H,21,29)(H3,19,23,28,30)(H,24,25,26,27). The van der Waals surface area contributed by atoms with Gasteiger partial charge in [-0.3, -0.25) is 14.9 Å². The summed E-state index contributed by atoms with van der Waals surface area (Å²) in [5.41, 5.74) is 6.83. The third kappa shape index (κ3) is 5.58. The number of nitrogens with zero attached hydrogens (tertiary/aromatic N) is 4. The summed E-state index contributed by atoms with van der Waals surface area (Å²) >= 11 is 0. The Labute approximate surface area is 170 Å². The molecule has 0 unspecified atom stereocenters. The van der Waals surface area contributed by atoms with E-state index in [1.54, 1.807) is 30.5 Å². The number of tetrazole rings is 1. The summed E-state index contributed by atoms with van der Waals surface area (Å²) in [5, 5.41) is 21.6. The lowest BCUT2D eigenvalue weighted by Gasteiger charge is -2.10. The molecule has 0 radical (unpaired) electrons. The second-order valence-electron chi connectivity index (χ2n) is 6.11. The Morgan fingerprint density at radius 2 is 2.00 bits per heavy atom. The second-order valence-corrected chi connectivity index (χ2v) is 6.11. The number of rotatable bonds is 8. The van der Waals surface area contributed by atoms with E-state index in [1.165, 1.54) is 0 Å². The topological polar surface area (TPSA) is 181 Å². The average molecular weight is 409 g/mol. The van der Waals surface area contributed by atoms with E-state index in [-0.39, 0.29) is 18.9 Å². The number of hydrogen-bond donors (Lipinski definition) is 5. The van der Waals surface area contributed by atoms with Gasteiger partial charge in [-0.15, -0.1) is 10.2 Å². The average Bonchev–Trinajstić information content (AvgIpc) is 3.27. The molecule has 6 N–H and O–H groups in total. The Hall–Kier alpha value is -4.35. The highest BCUT2D eigenvalue weighted by molar-refractivity contribution is 5.96. The number of benzene rings is 1. The number of nitrogens with one attached hydrogen (secondary N) is 4. The molecule has 0 bridgehead atoms. The molecule has 0 spiro atoms. The molecule has 0 fully saturated rings. The van der Waals surface area contributed by atoms with Gasteiger partial charge < -0.3 is 16.4 Å². The number of nitrogens with two attached hydrogens (primary N) is 1. The fraction of sp³-hybridized carbons (Fsp3) is 0.167. The molecule has 0 aliphatic heterocycles. The molecule has 30 heavy (non-hydrogen) atoms. The van der Waals surface area contributed by atoms with Crippen molar-refractivity contribution >= 4 is 23.7 Å². The first-order chi connectivity index (χ1) is 14.5. The molecule has 154 valence electrons. The Bertz CT molecular complexity index is 1040. The highest BCUT2D eigenvalue weighted by Crippen LogP contribution is 2.22. The van der Waals surface area contributed by atoms with Gasteiger partial charge in [0.15, 0.2) is 0 Å². The number of anilines is 1. The minimum atomic E-state index is -0.929. The van der Waals surface area contributed by atoms with Crippen LogP contribution in [-0.4, -0.2) is 50.0 Å². The van der Waals surface area contributed by atoms with Gasteiger partial charge in [0.1, 0.15) is 5.82 Å². The number of hydrogen-bond acceptors (Lipinski definition) is 8. The van der Waals surface area contributed by atoms with E-state index in [0.717, 1.165) is 5.56 Å². The Morgan fingerprint density at radius 1 is 1.13 bits per heavy atom. The number of carbonyl (C=O) groups excluding carboxylic acids is 3. The number of H-pyrrole nitrogens is 1. The Morgan fingerprint density at radius 3 is 2.77 bits per heavy atom. The third-order valence-electron chi connectivity index (χ3n) is 3.94. The quantitative estimate of drug-likeness (QED) is 0.349. The van der Waals surface area contributed by atoms with Crippen molar-refractivity contribution in [2.24, 2.45) is 5.73 Å². The lowest BCUT2D eigenvalue weighted by molar-refractivity contribution is -0.119. The number of imide groups is 1. The summed E-state index contributed by atoms with van der Waals surface area (Å²) in [5.74, 6) is 0.0934. The van der Waals surface area contributed by atoms with Crippen LogP contribution in [0.4, 0.5) is 10.6 Å². The monoisotopic (exact) mass is 409 g/mol. The van der Waals surface area contributed by atoms with Crippen LogP contribution in [0.2, 0.25) is 0 Å². The lowest BCUT2D eigenvalue weighted by Crippen LogP contribution is -2.37. The van der Waals surface area contributed by atoms with Crippen molar-refractivity contribution in [3.63, 3.8) is 0 Å². The van der Waals surface area contributed by atoms with Gasteiger partial charge in [-0.25, -0.2) is 9.78 Å². The van der Waals surface area contributed by atoms with E-state index in [9.17, 15) is 14.4 Å². The molecule has 0 atom stereocenters. The molecule has 3 aromatic rings. The van der Waals surface area contributed by atoms with E-state index in [2.05, 4.69) is 36.2 Å². The fourth-order valence-electron chi connectivity index (χ4n) is 2.60. The number of urea groups is 1. The molecule has 0 aliphatic rings. The summed E-state index contributed by atoms with van der Waals surface area (Å²) in [6.07, 6.45) is 1.58. The predicted octanol–water partition coefficient (Wildman–Crippen LogP) is 0.189. The van der Waals surface area contributed by atoms with Gasteiger partial charge in [0.2, 0.25) is 11.7 Å². The minimum absolute atomic E-state index is 0.0610.